The van der Waals surface area contributed by atoms with Gasteiger partial charge in [-0.15, -0.1) is 0 Å². The summed E-state index contributed by atoms with van der Waals surface area (Å²) in [7, 11) is 0. The third-order valence-corrected chi connectivity index (χ3v) is 3.54. The second kappa shape index (κ2) is 4.94. The highest BCUT2D eigenvalue weighted by Crippen LogP contribution is 2.27. The van der Waals surface area contributed by atoms with Gasteiger partial charge in [-0.25, -0.2) is 9.78 Å². The van der Waals surface area contributed by atoms with Gasteiger partial charge in [-0.05, 0) is 24.1 Å². The topological polar surface area (TPSA) is 80.6 Å². The highest BCUT2D eigenvalue weighted by Gasteiger charge is 2.13. The standard InChI is InChI=1S/C16H15N3O2/c1-2-10-3-5-11(6-4-10)14-15(17)19-9-12(16(20)21)7-8-13(19)18-14/h3-9H,2,17H2,1H3,(H,20,21). The average molecular weight is 281 g/mol. The molecule has 0 aliphatic heterocycles. The van der Waals surface area contributed by atoms with Crippen LogP contribution in [-0.2, 0) is 6.42 Å². The third-order valence-electron chi connectivity index (χ3n) is 3.54. The number of rotatable bonds is 3. The van der Waals surface area contributed by atoms with Crippen LogP contribution in [0.1, 0.15) is 22.8 Å². The molecule has 0 amide bonds. The predicted octanol–water partition coefficient (Wildman–Crippen LogP) is 2.84. The molecule has 3 aromatic rings. The number of carbonyl (C=O) groups is 1. The van der Waals surface area contributed by atoms with Gasteiger partial charge in [0.2, 0.25) is 0 Å². The first-order valence-corrected chi connectivity index (χ1v) is 6.70. The number of nitrogen functional groups attached to an aromatic ring is 1. The molecule has 21 heavy (non-hydrogen) atoms. The Balaban J connectivity index is 2.14. The minimum atomic E-state index is -0.987. The number of nitrogens with two attached hydrogens (primary N) is 1. The van der Waals surface area contributed by atoms with Gasteiger partial charge in [0.15, 0.2) is 0 Å². The number of hydrogen-bond acceptors (Lipinski definition) is 3. The summed E-state index contributed by atoms with van der Waals surface area (Å²) in [6.07, 6.45) is 2.47. The van der Waals surface area contributed by atoms with E-state index in [1.807, 2.05) is 24.3 Å². The number of anilines is 1. The molecule has 0 saturated heterocycles. The van der Waals surface area contributed by atoms with Crippen LogP contribution < -0.4 is 5.73 Å². The second-order valence-electron chi connectivity index (χ2n) is 4.85. The van der Waals surface area contributed by atoms with Crippen LogP contribution in [0.4, 0.5) is 5.82 Å². The Bertz CT molecular complexity index is 819. The zero-order chi connectivity index (χ0) is 15.0. The van der Waals surface area contributed by atoms with Gasteiger partial charge in [-0.1, -0.05) is 31.2 Å². The van der Waals surface area contributed by atoms with Gasteiger partial charge in [0.05, 0.1) is 5.56 Å². The van der Waals surface area contributed by atoms with Crippen LogP contribution in [0.5, 0.6) is 0 Å². The minimum Gasteiger partial charge on any atom is -0.478 e. The summed E-state index contributed by atoms with van der Waals surface area (Å²) in [5.74, 6) is -0.545. The third kappa shape index (κ3) is 2.23. The van der Waals surface area contributed by atoms with Gasteiger partial charge in [0.1, 0.15) is 17.2 Å². The molecule has 0 radical (unpaired) electrons. The van der Waals surface area contributed by atoms with E-state index < -0.39 is 5.97 Å². The van der Waals surface area contributed by atoms with Crippen LogP contribution in [0, 0.1) is 0 Å². The Morgan fingerprint density at radius 1 is 1.24 bits per heavy atom. The van der Waals surface area contributed by atoms with E-state index in [0.717, 1.165) is 12.0 Å². The molecule has 5 heteroatoms. The van der Waals surface area contributed by atoms with Gasteiger partial charge >= 0.3 is 5.97 Å². The first-order valence-electron chi connectivity index (χ1n) is 6.70. The van der Waals surface area contributed by atoms with Crippen molar-refractivity contribution in [2.75, 3.05) is 5.73 Å². The zero-order valence-electron chi connectivity index (χ0n) is 11.6. The number of carboxylic acids is 1. The number of nitrogens with zero attached hydrogens (tertiary/aromatic N) is 2. The molecule has 0 fully saturated rings. The van der Waals surface area contributed by atoms with E-state index in [9.17, 15) is 4.79 Å². The van der Waals surface area contributed by atoms with Crippen molar-refractivity contribution in [3.05, 3.63) is 53.7 Å². The molecule has 0 aliphatic carbocycles. The lowest BCUT2D eigenvalue weighted by molar-refractivity contribution is 0.0696. The Hall–Kier alpha value is -2.82. The van der Waals surface area contributed by atoms with Crippen LogP contribution in [-0.4, -0.2) is 20.5 Å². The van der Waals surface area contributed by atoms with E-state index in [4.69, 9.17) is 10.8 Å². The maximum absolute atomic E-state index is 11.0. The summed E-state index contributed by atoms with van der Waals surface area (Å²) in [5, 5.41) is 9.04. The van der Waals surface area contributed by atoms with E-state index >= 15 is 0 Å². The molecule has 2 aromatic heterocycles. The monoisotopic (exact) mass is 281 g/mol. The number of aryl methyl sites for hydroxylation is 1. The summed E-state index contributed by atoms with van der Waals surface area (Å²) in [6.45, 7) is 2.10. The Morgan fingerprint density at radius 3 is 2.57 bits per heavy atom. The average Bonchev–Trinajstić information content (AvgIpc) is 2.84. The van der Waals surface area contributed by atoms with Gasteiger partial charge in [0.25, 0.3) is 0 Å². The van der Waals surface area contributed by atoms with Crippen molar-refractivity contribution in [3.8, 4) is 11.3 Å². The Kier molecular flexibility index (Phi) is 3.10. The minimum absolute atomic E-state index is 0.180. The molecule has 3 N–H and O–H groups in total. The Morgan fingerprint density at radius 2 is 1.95 bits per heavy atom. The number of fused-ring (bicyclic) bond motifs is 1. The van der Waals surface area contributed by atoms with E-state index in [1.54, 1.807) is 10.5 Å². The lowest BCUT2D eigenvalue weighted by Crippen LogP contribution is -2.00. The number of imidazole rings is 1. The molecule has 2 heterocycles. The number of aromatic carboxylic acids is 1. The molecule has 0 spiro atoms. The Labute approximate surface area is 121 Å². The van der Waals surface area contributed by atoms with Gasteiger partial charge in [-0.2, -0.15) is 0 Å². The van der Waals surface area contributed by atoms with Crippen molar-refractivity contribution in [1.82, 2.24) is 9.38 Å². The molecule has 5 nitrogen and oxygen atoms in total. The van der Waals surface area contributed by atoms with Gasteiger partial charge in [0, 0.05) is 11.8 Å². The maximum atomic E-state index is 11.0. The normalized spacial score (nSPS) is 10.9. The molecular weight excluding hydrogens is 266 g/mol. The number of aromatic nitrogens is 2. The fraction of sp³-hybridized carbons (Fsp3) is 0.125. The zero-order valence-corrected chi connectivity index (χ0v) is 11.6. The molecule has 0 aliphatic rings. The molecule has 0 bridgehead atoms. The summed E-state index contributed by atoms with van der Waals surface area (Å²) in [4.78, 5) is 15.5. The molecule has 3 rings (SSSR count). The van der Waals surface area contributed by atoms with Crippen molar-refractivity contribution < 1.29 is 9.90 Å². The molecule has 0 atom stereocenters. The number of hydrogen-bond donors (Lipinski definition) is 2. The van der Waals surface area contributed by atoms with Crippen LogP contribution in [0.15, 0.2) is 42.6 Å². The summed E-state index contributed by atoms with van der Waals surface area (Å²) >= 11 is 0. The fourth-order valence-electron chi connectivity index (χ4n) is 2.30. The van der Waals surface area contributed by atoms with Crippen LogP contribution in [0.2, 0.25) is 0 Å². The van der Waals surface area contributed by atoms with Crippen LogP contribution >= 0.6 is 0 Å². The molecule has 0 saturated carbocycles. The molecule has 1 aromatic carbocycles. The van der Waals surface area contributed by atoms with Crippen LogP contribution in [0.25, 0.3) is 16.9 Å². The fourth-order valence-corrected chi connectivity index (χ4v) is 2.30. The number of pyridine rings is 1. The van der Waals surface area contributed by atoms with E-state index in [1.165, 1.54) is 17.8 Å². The first-order chi connectivity index (χ1) is 10.1. The summed E-state index contributed by atoms with van der Waals surface area (Å²) < 4.78 is 1.60. The summed E-state index contributed by atoms with van der Waals surface area (Å²) in [6, 6.07) is 11.2. The van der Waals surface area contributed by atoms with Gasteiger partial charge in [-0.3, -0.25) is 4.40 Å². The van der Waals surface area contributed by atoms with Crippen molar-refractivity contribution in [2.45, 2.75) is 13.3 Å². The number of benzene rings is 1. The summed E-state index contributed by atoms with van der Waals surface area (Å²) in [5.41, 5.74) is 9.76. The molecular formula is C16H15N3O2. The van der Waals surface area contributed by atoms with Crippen molar-refractivity contribution in [2.24, 2.45) is 0 Å². The number of carboxylic acid groups (broad SMARTS) is 1. The maximum Gasteiger partial charge on any atom is 0.337 e. The molecule has 0 unspecified atom stereocenters. The highest BCUT2D eigenvalue weighted by molar-refractivity contribution is 5.88. The second-order valence-corrected chi connectivity index (χ2v) is 4.85. The predicted molar refractivity (Wildman–Crippen MR) is 81.4 cm³/mol. The van der Waals surface area contributed by atoms with Gasteiger partial charge < -0.3 is 10.8 Å². The van der Waals surface area contributed by atoms with Crippen molar-refractivity contribution in [1.29, 1.82) is 0 Å². The van der Waals surface area contributed by atoms with Crippen molar-refractivity contribution in [3.63, 3.8) is 0 Å². The lowest BCUT2D eigenvalue weighted by Gasteiger charge is -2.01. The quantitative estimate of drug-likeness (QED) is 0.773. The van der Waals surface area contributed by atoms with E-state index in [-0.39, 0.29) is 5.56 Å². The lowest BCUT2D eigenvalue weighted by atomic mass is 10.1. The first kappa shape index (κ1) is 13.2. The highest BCUT2D eigenvalue weighted by atomic mass is 16.4. The van der Waals surface area contributed by atoms with Crippen LogP contribution in [0.3, 0.4) is 0 Å². The largest absolute Gasteiger partial charge is 0.478 e. The molecule has 106 valence electrons. The van der Waals surface area contributed by atoms with E-state index in [0.29, 0.717) is 17.2 Å². The SMILES string of the molecule is CCc1ccc(-c2nc3ccc(C(=O)O)cn3c2N)cc1. The van der Waals surface area contributed by atoms with Crippen molar-refractivity contribution >= 4 is 17.4 Å². The van der Waals surface area contributed by atoms with E-state index in [2.05, 4.69) is 11.9 Å². The smallest absolute Gasteiger partial charge is 0.337 e.